The van der Waals surface area contributed by atoms with Gasteiger partial charge in [0.1, 0.15) is 0 Å². The number of benzene rings is 1. The third-order valence-corrected chi connectivity index (χ3v) is 5.70. The number of hydrogen-bond donors (Lipinski definition) is 1. The van der Waals surface area contributed by atoms with Gasteiger partial charge >= 0.3 is 0 Å². The van der Waals surface area contributed by atoms with Crippen LogP contribution in [0.15, 0.2) is 23.1 Å². The van der Waals surface area contributed by atoms with Gasteiger partial charge in [-0.3, -0.25) is 0 Å². The van der Waals surface area contributed by atoms with Crippen molar-refractivity contribution in [2.45, 2.75) is 37.1 Å². The lowest BCUT2D eigenvalue weighted by atomic mass is 10.0. The molecule has 1 aliphatic rings. The Morgan fingerprint density at radius 3 is 2.60 bits per heavy atom. The summed E-state index contributed by atoms with van der Waals surface area (Å²) in [5.41, 5.74) is 7.52. The third-order valence-electron chi connectivity index (χ3n) is 3.89. The minimum absolute atomic E-state index is 0.296. The Bertz CT molecular complexity index is 584. The van der Waals surface area contributed by atoms with Crippen molar-refractivity contribution in [3.05, 3.63) is 18.2 Å². The summed E-state index contributed by atoms with van der Waals surface area (Å²) in [6, 6.07) is 5.35. The highest BCUT2D eigenvalue weighted by Crippen LogP contribution is 2.32. The SMILES string of the molecule is CC1CCCCN1c1cc(S(=O)(=O)N(C)C)ccc1N. The Morgan fingerprint density at radius 2 is 2.00 bits per heavy atom. The lowest BCUT2D eigenvalue weighted by Crippen LogP contribution is -2.38. The van der Waals surface area contributed by atoms with Gasteiger partial charge in [-0.2, -0.15) is 0 Å². The molecule has 0 radical (unpaired) electrons. The van der Waals surface area contributed by atoms with Crippen molar-refractivity contribution in [2.75, 3.05) is 31.3 Å². The average molecular weight is 297 g/mol. The van der Waals surface area contributed by atoms with E-state index in [4.69, 9.17) is 5.73 Å². The predicted octanol–water partition coefficient (Wildman–Crippen LogP) is 1.90. The van der Waals surface area contributed by atoms with E-state index < -0.39 is 10.0 Å². The van der Waals surface area contributed by atoms with Crippen LogP contribution in [0, 0.1) is 0 Å². The highest BCUT2D eigenvalue weighted by atomic mass is 32.2. The molecule has 0 bridgehead atoms. The van der Waals surface area contributed by atoms with E-state index in [9.17, 15) is 8.42 Å². The second kappa shape index (κ2) is 5.61. The van der Waals surface area contributed by atoms with Gasteiger partial charge in [0.05, 0.1) is 16.3 Å². The number of nitrogen functional groups attached to an aromatic ring is 1. The Balaban J connectivity index is 2.44. The Morgan fingerprint density at radius 1 is 1.30 bits per heavy atom. The zero-order valence-corrected chi connectivity index (χ0v) is 13.2. The molecule has 1 aliphatic heterocycles. The van der Waals surface area contributed by atoms with Crippen molar-refractivity contribution >= 4 is 21.4 Å². The van der Waals surface area contributed by atoms with Crippen LogP contribution in [0.5, 0.6) is 0 Å². The first-order valence-electron chi connectivity index (χ1n) is 6.92. The highest BCUT2D eigenvalue weighted by Gasteiger charge is 2.23. The first kappa shape index (κ1) is 15.1. The van der Waals surface area contributed by atoms with Gasteiger partial charge in [-0.05, 0) is 44.4 Å². The van der Waals surface area contributed by atoms with Crippen LogP contribution in [0.2, 0.25) is 0 Å². The van der Waals surface area contributed by atoms with E-state index in [2.05, 4.69) is 11.8 Å². The second-order valence-corrected chi connectivity index (χ2v) is 7.70. The van der Waals surface area contributed by atoms with E-state index in [1.807, 2.05) is 0 Å². The van der Waals surface area contributed by atoms with Gasteiger partial charge in [0, 0.05) is 26.7 Å². The van der Waals surface area contributed by atoms with Crippen molar-refractivity contribution in [2.24, 2.45) is 0 Å². The predicted molar refractivity (Wildman–Crippen MR) is 82.4 cm³/mol. The van der Waals surface area contributed by atoms with Crippen LogP contribution in [-0.2, 0) is 10.0 Å². The fourth-order valence-electron chi connectivity index (χ4n) is 2.60. The van der Waals surface area contributed by atoms with Gasteiger partial charge in [-0.25, -0.2) is 12.7 Å². The largest absolute Gasteiger partial charge is 0.397 e. The second-order valence-electron chi connectivity index (χ2n) is 5.55. The van der Waals surface area contributed by atoms with Crippen LogP contribution in [0.4, 0.5) is 11.4 Å². The van der Waals surface area contributed by atoms with Gasteiger partial charge < -0.3 is 10.6 Å². The van der Waals surface area contributed by atoms with E-state index in [-0.39, 0.29) is 0 Å². The molecule has 1 atom stereocenters. The molecule has 1 heterocycles. The summed E-state index contributed by atoms with van der Waals surface area (Å²) in [6.45, 7) is 3.09. The molecule has 2 N–H and O–H groups in total. The third kappa shape index (κ3) is 2.76. The fourth-order valence-corrected chi connectivity index (χ4v) is 3.52. The molecule has 0 aliphatic carbocycles. The smallest absolute Gasteiger partial charge is 0.242 e. The number of sulfonamides is 1. The molecule has 0 aromatic heterocycles. The van der Waals surface area contributed by atoms with Crippen molar-refractivity contribution in [3.63, 3.8) is 0 Å². The summed E-state index contributed by atoms with van der Waals surface area (Å²) < 4.78 is 25.7. The average Bonchev–Trinajstić information content (AvgIpc) is 2.40. The fraction of sp³-hybridized carbons (Fsp3) is 0.571. The number of nitrogens with two attached hydrogens (primary N) is 1. The van der Waals surface area contributed by atoms with Crippen molar-refractivity contribution < 1.29 is 8.42 Å². The van der Waals surface area contributed by atoms with Crippen LogP contribution in [0.3, 0.4) is 0 Å². The topological polar surface area (TPSA) is 66.6 Å². The molecule has 6 heteroatoms. The van der Waals surface area contributed by atoms with Crippen molar-refractivity contribution in [1.82, 2.24) is 4.31 Å². The van der Waals surface area contributed by atoms with E-state index in [1.165, 1.54) is 24.8 Å². The van der Waals surface area contributed by atoms with Crippen LogP contribution in [-0.4, -0.2) is 39.4 Å². The minimum Gasteiger partial charge on any atom is -0.397 e. The summed E-state index contributed by atoms with van der Waals surface area (Å²) in [5.74, 6) is 0. The van der Waals surface area contributed by atoms with E-state index >= 15 is 0 Å². The molecule has 1 aromatic rings. The summed E-state index contributed by atoms with van der Waals surface area (Å²) in [4.78, 5) is 2.51. The number of piperidine rings is 1. The van der Waals surface area contributed by atoms with Crippen molar-refractivity contribution in [3.8, 4) is 0 Å². The maximum Gasteiger partial charge on any atom is 0.242 e. The van der Waals surface area contributed by atoms with Gasteiger partial charge in [0.15, 0.2) is 0 Å². The minimum atomic E-state index is -3.42. The summed E-state index contributed by atoms with van der Waals surface area (Å²) >= 11 is 0. The number of anilines is 2. The number of hydrogen-bond acceptors (Lipinski definition) is 4. The molecule has 112 valence electrons. The molecule has 2 rings (SSSR count). The van der Waals surface area contributed by atoms with Gasteiger partial charge in [0.2, 0.25) is 10.0 Å². The molecule has 0 saturated carbocycles. The number of rotatable bonds is 3. The van der Waals surface area contributed by atoms with Crippen LogP contribution < -0.4 is 10.6 Å². The van der Waals surface area contributed by atoms with Gasteiger partial charge in [-0.15, -0.1) is 0 Å². The van der Waals surface area contributed by atoms with Gasteiger partial charge in [0.25, 0.3) is 0 Å². The Kier molecular flexibility index (Phi) is 4.25. The number of nitrogens with zero attached hydrogens (tertiary/aromatic N) is 2. The van der Waals surface area contributed by atoms with Gasteiger partial charge in [-0.1, -0.05) is 0 Å². The molecule has 1 unspecified atom stereocenters. The lowest BCUT2D eigenvalue weighted by molar-refractivity contribution is 0.484. The Labute approximate surface area is 121 Å². The molecule has 1 aromatic carbocycles. The molecule has 0 amide bonds. The van der Waals surface area contributed by atoms with Crippen molar-refractivity contribution in [1.29, 1.82) is 0 Å². The van der Waals surface area contributed by atoms with E-state index in [0.29, 0.717) is 16.6 Å². The Hall–Kier alpha value is -1.27. The normalized spacial score (nSPS) is 20.4. The maximum atomic E-state index is 12.2. The summed E-state index contributed by atoms with van der Waals surface area (Å²) in [6.07, 6.45) is 3.45. The first-order valence-corrected chi connectivity index (χ1v) is 8.36. The zero-order valence-electron chi connectivity index (χ0n) is 12.3. The van der Waals surface area contributed by atoms with Crippen LogP contribution in [0.25, 0.3) is 0 Å². The summed E-state index contributed by atoms with van der Waals surface area (Å²) in [5, 5.41) is 0. The van der Waals surface area contributed by atoms with Crippen LogP contribution in [0.1, 0.15) is 26.2 Å². The zero-order chi connectivity index (χ0) is 14.9. The van der Waals surface area contributed by atoms with E-state index in [0.717, 1.165) is 25.1 Å². The van der Waals surface area contributed by atoms with E-state index in [1.54, 1.807) is 18.2 Å². The highest BCUT2D eigenvalue weighted by molar-refractivity contribution is 7.89. The maximum absolute atomic E-state index is 12.2. The molecule has 0 spiro atoms. The quantitative estimate of drug-likeness (QED) is 0.865. The standard InChI is InChI=1S/C14H23N3O2S/c1-11-6-4-5-9-17(11)14-10-12(7-8-13(14)15)20(18,19)16(2)3/h7-8,10-11H,4-6,9,15H2,1-3H3. The molecule has 1 fully saturated rings. The molecular formula is C14H23N3O2S. The van der Waals surface area contributed by atoms with Crippen LogP contribution >= 0.6 is 0 Å². The monoisotopic (exact) mass is 297 g/mol. The molecule has 20 heavy (non-hydrogen) atoms. The lowest BCUT2D eigenvalue weighted by Gasteiger charge is -2.36. The first-order chi connectivity index (χ1) is 9.34. The molecule has 1 saturated heterocycles. The summed E-state index contributed by atoms with van der Waals surface area (Å²) in [7, 11) is -0.348. The molecule has 5 nitrogen and oxygen atoms in total. The molecular weight excluding hydrogens is 274 g/mol.